The number of amides is 1. The number of rotatable bonds is 11. The van der Waals surface area contributed by atoms with Gasteiger partial charge >= 0.3 is 12.1 Å². The number of Topliss-reactive ketones (excluding diaryl/α,β-unsaturated/α-hetero) is 1. The summed E-state index contributed by atoms with van der Waals surface area (Å²) in [6, 6.07) is 2.63. The molecule has 0 aromatic carbocycles. The highest BCUT2D eigenvalue weighted by Gasteiger charge is 2.61. The number of nitrogens with zero attached hydrogens (tertiary/aromatic N) is 6. The number of halogens is 1. The van der Waals surface area contributed by atoms with Gasteiger partial charge in [-0.3, -0.25) is 9.78 Å². The van der Waals surface area contributed by atoms with Gasteiger partial charge in [0.25, 0.3) is 5.67 Å². The van der Waals surface area contributed by atoms with E-state index < -0.39 is 77.5 Å². The smallest absolute Gasteiger partial charge is 0.425 e. The highest BCUT2D eigenvalue weighted by atomic mass is 19.1. The first-order valence-electron chi connectivity index (χ1n) is 21.2. The number of oxime groups is 1. The van der Waals surface area contributed by atoms with Crippen molar-refractivity contribution in [2.24, 2.45) is 28.8 Å². The standard InChI is InChI=1S/C43H66FN7O9/c1-13-33-43(9)37(51(41(55)60-43)47-18-16-26(4)50-22-31(46-23-50)30-15-14-17-45-21-30)28(6)34(48-56-12)24(2)19-25(3)36(29(7)38(53)42(8,44)40(54)58-33)59-39-35(52)32(49(10)11)20-27(5)57-39/h14-15,17,21-29,32-33,35-37,39,47,52H,13,16,18-20H2,1-12H3/b48-34+/t24-,25+,26?,27-,28+,29-,32+,33-,35-,36+,37-,39+,42+,43-/m1/s1. The van der Waals surface area contributed by atoms with Crippen molar-refractivity contribution in [1.82, 2.24) is 29.9 Å². The van der Waals surface area contributed by atoms with Gasteiger partial charge in [0, 0.05) is 54.6 Å². The van der Waals surface area contributed by atoms with E-state index in [0.29, 0.717) is 31.5 Å². The monoisotopic (exact) mass is 843 g/mol. The van der Waals surface area contributed by atoms with E-state index in [1.807, 2.05) is 76.5 Å². The van der Waals surface area contributed by atoms with Crippen molar-refractivity contribution in [2.45, 2.75) is 148 Å². The molecule has 0 aliphatic carbocycles. The number of nitrogens with one attached hydrogen (secondary N) is 1. The summed E-state index contributed by atoms with van der Waals surface area (Å²) >= 11 is 0. The lowest BCUT2D eigenvalue weighted by atomic mass is 9.74. The van der Waals surface area contributed by atoms with Gasteiger partial charge in [0.2, 0.25) is 0 Å². The summed E-state index contributed by atoms with van der Waals surface area (Å²) in [6.45, 7) is 15.8. The maximum Gasteiger partial charge on any atom is 0.425 e. The molecule has 2 aromatic heterocycles. The van der Waals surface area contributed by atoms with Crippen LogP contribution in [-0.4, -0.2) is 135 Å². The van der Waals surface area contributed by atoms with Gasteiger partial charge in [0.1, 0.15) is 25.4 Å². The normalized spacial score (nSPS) is 37.0. The highest BCUT2D eigenvalue weighted by molar-refractivity contribution is 6.07. The number of fused-ring (bicyclic) bond motifs is 1. The molecule has 0 spiro atoms. The highest BCUT2D eigenvalue weighted by Crippen LogP contribution is 2.42. The summed E-state index contributed by atoms with van der Waals surface area (Å²) in [6.07, 6.45) is 3.42. The molecule has 17 heteroatoms. The SMILES string of the molecule is CC[C@H]1OC(=O)[C@@](C)(F)C(=O)[C@H](C)[C@@H](O[C@@H]2O[C@H](C)C[C@H](N(C)C)[C@H]2O)[C@@H](C)C[C@@H](C)/C(=N\OC)[C@H](C)[C@H]2N(NCCC(C)n3cnc(-c4cccnc4)c3)C(=O)O[C@]12C. The molecule has 5 heterocycles. The molecule has 16 nitrogen and oxygen atoms in total. The molecule has 334 valence electrons. The average Bonchev–Trinajstić information content (AvgIpc) is 3.80. The predicted molar refractivity (Wildman–Crippen MR) is 221 cm³/mol. The fourth-order valence-corrected chi connectivity index (χ4v) is 9.37. The third kappa shape index (κ3) is 9.70. The molecule has 14 atom stereocenters. The first-order valence-corrected chi connectivity index (χ1v) is 21.2. The Hall–Kier alpha value is -4.03. The van der Waals surface area contributed by atoms with Crippen LogP contribution in [0.4, 0.5) is 9.18 Å². The summed E-state index contributed by atoms with van der Waals surface area (Å²) < 4.78 is 43.5. The summed E-state index contributed by atoms with van der Waals surface area (Å²) in [5.74, 6) is -5.00. The van der Waals surface area contributed by atoms with Crippen molar-refractivity contribution in [1.29, 1.82) is 0 Å². The fourth-order valence-electron chi connectivity index (χ4n) is 9.37. The predicted octanol–water partition coefficient (Wildman–Crippen LogP) is 5.36. The molecule has 3 fully saturated rings. The van der Waals surface area contributed by atoms with E-state index in [9.17, 15) is 19.5 Å². The van der Waals surface area contributed by atoms with Crippen LogP contribution in [0, 0.1) is 23.7 Å². The van der Waals surface area contributed by atoms with Crippen molar-refractivity contribution in [2.75, 3.05) is 27.7 Å². The third-order valence-corrected chi connectivity index (χ3v) is 12.8. The van der Waals surface area contributed by atoms with Crippen molar-refractivity contribution < 1.29 is 47.7 Å². The van der Waals surface area contributed by atoms with Gasteiger partial charge in [0.05, 0.1) is 29.9 Å². The van der Waals surface area contributed by atoms with Crippen molar-refractivity contribution in [3.05, 3.63) is 37.1 Å². The van der Waals surface area contributed by atoms with E-state index in [1.165, 1.54) is 19.0 Å². The molecule has 2 N–H and O–H groups in total. The second kappa shape index (κ2) is 19.3. The zero-order valence-electron chi connectivity index (χ0n) is 37.2. The van der Waals surface area contributed by atoms with Crippen molar-refractivity contribution in [3.8, 4) is 11.3 Å². The summed E-state index contributed by atoms with van der Waals surface area (Å²) in [7, 11) is 5.16. The Morgan fingerprint density at radius 2 is 1.85 bits per heavy atom. The van der Waals surface area contributed by atoms with Crippen LogP contribution in [0.3, 0.4) is 0 Å². The number of cyclic esters (lactones) is 1. The largest absolute Gasteiger partial charge is 0.455 e. The number of pyridine rings is 1. The molecule has 2 aromatic rings. The molecule has 0 bridgehead atoms. The van der Waals surface area contributed by atoms with Gasteiger partial charge in [-0.2, -0.15) is 0 Å². The van der Waals surface area contributed by atoms with E-state index in [-0.39, 0.29) is 30.5 Å². The van der Waals surface area contributed by atoms with Crippen LogP contribution in [0.1, 0.15) is 94.0 Å². The van der Waals surface area contributed by atoms with Gasteiger partial charge in [0.15, 0.2) is 17.7 Å². The third-order valence-electron chi connectivity index (χ3n) is 12.8. The second-order valence-electron chi connectivity index (χ2n) is 17.6. The number of hydrogen-bond donors (Lipinski definition) is 2. The summed E-state index contributed by atoms with van der Waals surface area (Å²) in [5.41, 5.74) is 0.928. The number of imidazole rings is 1. The lowest BCUT2D eigenvalue weighted by Gasteiger charge is -2.44. The number of aromatic nitrogens is 3. The molecular weight excluding hydrogens is 778 g/mol. The lowest BCUT2D eigenvalue weighted by Crippen LogP contribution is -2.61. The van der Waals surface area contributed by atoms with E-state index in [2.05, 4.69) is 20.5 Å². The van der Waals surface area contributed by atoms with E-state index in [4.69, 9.17) is 23.8 Å². The quantitative estimate of drug-likeness (QED) is 0.168. The Labute approximate surface area is 353 Å². The molecular formula is C43H66FN7O9. The minimum atomic E-state index is -3.10. The second-order valence-corrected chi connectivity index (χ2v) is 17.6. The summed E-state index contributed by atoms with van der Waals surface area (Å²) in [5, 5.41) is 17.3. The van der Waals surface area contributed by atoms with E-state index >= 15 is 4.39 Å². The van der Waals surface area contributed by atoms with Crippen LogP contribution >= 0.6 is 0 Å². The number of ketones is 1. The van der Waals surface area contributed by atoms with Crippen LogP contribution in [0.25, 0.3) is 11.3 Å². The van der Waals surface area contributed by atoms with Gasteiger partial charge < -0.3 is 38.4 Å². The molecule has 3 aliphatic heterocycles. The number of hydrazine groups is 1. The van der Waals surface area contributed by atoms with E-state index in [1.54, 1.807) is 32.6 Å². The number of carbonyl (C=O) groups is 3. The minimum absolute atomic E-state index is 0.0206. The van der Waals surface area contributed by atoms with Crippen LogP contribution in [0.15, 0.2) is 42.2 Å². The number of ether oxygens (including phenoxy) is 4. The average molecular weight is 844 g/mol. The molecule has 0 saturated carbocycles. The van der Waals surface area contributed by atoms with Crippen molar-refractivity contribution >= 4 is 23.6 Å². The van der Waals surface area contributed by atoms with Gasteiger partial charge in [-0.1, -0.05) is 39.8 Å². The van der Waals surface area contributed by atoms with Gasteiger partial charge in [-0.05, 0) is 91.4 Å². The fraction of sp³-hybridized carbons (Fsp3) is 0.721. The lowest BCUT2D eigenvalue weighted by molar-refractivity contribution is -0.278. The molecule has 3 saturated heterocycles. The summed E-state index contributed by atoms with van der Waals surface area (Å²) in [4.78, 5) is 58.2. The Morgan fingerprint density at radius 3 is 2.48 bits per heavy atom. The number of aliphatic hydroxyl groups is 1. The van der Waals surface area contributed by atoms with Crippen LogP contribution in [0.5, 0.6) is 0 Å². The van der Waals surface area contributed by atoms with Gasteiger partial charge in [-0.25, -0.2) is 29.4 Å². The number of carbonyl (C=O) groups excluding carboxylic acids is 3. The zero-order chi connectivity index (χ0) is 44.3. The first-order chi connectivity index (χ1) is 28.3. The Morgan fingerprint density at radius 1 is 1.13 bits per heavy atom. The molecule has 5 rings (SSSR count). The number of likely N-dealkylation sites (N-methyl/N-ethyl adjacent to an activating group) is 1. The topological polar surface area (TPSA) is 179 Å². The molecule has 1 unspecified atom stereocenters. The number of hydrogen-bond acceptors (Lipinski definition) is 14. The number of aliphatic hydroxyl groups excluding tert-OH is 1. The zero-order valence-corrected chi connectivity index (χ0v) is 37.2. The first kappa shape index (κ1) is 47.0. The van der Waals surface area contributed by atoms with Crippen LogP contribution in [0.2, 0.25) is 0 Å². The van der Waals surface area contributed by atoms with Crippen LogP contribution < -0.4 is 5.43 Å². The molecule has 60 heavy (non-hydrogen) atoms. The van der Waals surface area contributed by atoms with Crippen LogP contribution in [-0.2, 0) is 33.4 Å². The number of esters is 1. The Kier molecular flexibility index (Phi) is 15.2. The molecule has 3 aliphatic rings. The maximum absolute atomic E-state index is 16.8. The van der Waals surface area contributed by atoms with Gasteiger partial charge in [-0.15, -0.1) is 0 Å². The maximum atomic E-state index is 16.8. The molecule has 1 amide bonds. The van der Waals surface area contributed by atoms with E-state index in [0.717, 1.165) is 18.2 Å². The van der Waals surface area contributed by atoms with Crippen molar-refractivity contribution in [3.63, 3.8) is 0 Å². The Balaban J connectivity index is 1.47. The number of alkyl halides is 1. The molecule has 0 radical (unpaired) electrons. The minimum Gasteiger partial charge on any atom is -0.455 e. The Bertz CT molecular complexity index is 1810.